The monoisotopic (exact) mass is 236 g/mol. The first-order valence-corrected chi connectivity index (χ1v) is 6.50. The van der Waals surface area contributed by atoms with Crippen molar-refractivity contribution in [2.75, 3.05) is 0 Å². The summed E-state index contributed by atoms with van der Waals surface area (Å²) < 4.78 is 0. The van der Waals surface area contributed by atoms with Gasteiger partial charge in [0.2, 0.25) is 0 Å². The molecule has 0 bridgehead atoms. The second-order valence-electron chi connectivity index (χ2n) is 5.14. The molecular formula is C18H20. The summed E-state index contributed by atoms with van der Waals surface area (Å²) >= 11 is 0. The van der Waals surface area contributed by atoms with E-state index in [0.717, 1.165) is 12.0 Å². The predicted octanol–water partition coefficient (Wildman–Crippen LogP) is 4.95. The third kappa shape index (κ3) is 3.10. The van der Waals surface area contributed by atoms with Gasteiger partial charge in [-0.15, -0.1) is 0 Å². The van der Waals surface area contributed by atoms with E-state index in [9.17, 15) is 0 Å². The van der Waals surface area contributed by atoms with Crippen molar-refractivity contribution in [1.29, 1.82) is 0 Å². The largest absolute Gasteiger partial charge is 0.0906 e. The molecule has 0 unspecified atom stereocenters. The summed E-state index contributed by atoms with van der Waals surface area (Å²) in [6.07, 6.45) is 1.14. The van der Waals surface area contributed by atoms with Gasteiger partial charge < -0.3 is 0 Å². The minimum Gasteiger partial charge on any atom is -0.0906 e. The van der Waals surface area contributed by atoms with Crippen LogP contribution in [0.4, 0.5) is 0 Å². The Morgan fingerprint density at radius 3 is 2.00 bits per heavy atom. The summed E-state index contributed by atoms with van der Waals surface area (Å²) in [5.74, 6) is 0.702. The van der Waals surface area contributed by atoms with Crippen molar-refractivity contribution in [2.45, 2.75) is 20.3 Å². The minimum absolute atomic E-state index is 0.702. The predicted molar refractivity (Wildman–Crippen MR) is 79.6 cm³/mol. The Balaban J connectivity index is 2.17. The molecule has 2 aromatic rings. The van der Waals surface area contributed by atoms with E-state index in [-0.39, 0.29) is 0 Å². The first-order valence-electron chi connectivity index (χ1n) is 6.50. The van der Waals surface area contributed by atoms with Crippen molar-refractivity contribution in [3.63, 3.8) is 0 Å². The van der Waals surface area contributed by atoms with Crippen LogP contribution < -0.4 is 0 Å². The molecule has 0 aromatic heterocycles. The van der Waals surface area contributed by atoms with Gasteiger partial charge in [-0.05, 0) is 34.6 Å². The first kappa shape index (κ1) is 12.6. The van der Waals surface area contributed by atoms with Crippen LogP contribution in [0, 0.1) is 5.92 Å². The molecule has 92 valence electrons. The Morgan fingerprint density at radius 1 is 0.889 bits per heavy atom. The Bertz CT molecular complexity index is 503. The maximum Gasteiger partial charge on any atom is -0.0183 e. The van der Waals surface area contributed by atoms with Crippen LogP contribution in [0.15, 0.2) is 61.2 Å². The van der Waals surface area contributed by atoms with Gasteiger partial charge >= 0.3 is 0 Å². The average molecular weight is 236 g/mol. The summed E-state index contributed by atoms with van der Waals surface area (Å²) in [5, 5.41) is 0. The van der Waals surface area contributed by atoms with E-state index in [1.54, 1.807) is 0 Å². The van der Waals surface area contributed by atoms with Gasteiger partial charge in [0.1, 0.15) is 0 Å². The highest BCUT2D eigenvalue weighted by Gasteiger charge is 2.02. The fraction of sp³-hybridized carbons (Fsp3) is 0.222. The summed E-state index contributed by atoms with van der Waals surface area (Å²) in [7, 11) is 0. The molecule has 0 fully saturated rings. The molecule has 0 N–H and O–H groups in total. The maximum absolute atomic E-state index is 4.19. The van der Waals surface area contributed by atoms with E-state index in [1.165, 1.54) is 16.7 Å². The molecule has 0 atom stereocenters. The second-order valence-corrected chi connectivity index (χ2v) is 5.14. The van der Waals surface area contributed by atoms with Crippen molar-refractivity contribution in [1.82, 2.24) is 0 Å². The van der Waals surface area contributed by atoms with Crippen LogP contribution in [0.2, 0.25) is 0 Å². The number of hydrogen-bond donors (Lipinski definition) is 0. The number of benzene rings is 2. The average Bonchev–Trinajstić information content (AvgIpc) is 2.39. The lowest BCUT2D eigenvalue weighted by Gasteiger charge is -2.09. The molecule has 0 aliphatic carbocycles. The maximum atomic E-state index is 4.19. The zero-order valence-electron chi connectivity index (χ0n) is 11.2. The molecule has 18 heavy (non-hydrogen) atoms. The van der Waals surface area contributed by atoms with Crippen LogP contribution in [0.3, 0.4) is 0 Å². The molecule has 0 radical (unpaired) electrons. The van der Waals surface area contributed by atoms with Crippen molar-refractivity contribution in [3.8, 4) is 0 Å². The smallest absolute Gasteiger partial charge is 0.0183 e. The van der Waals surface area contributed by atoms with Crippen molar-refractivity contribution >= 4 is 5.57 Å². The Labute approximate surface area is 110 Å². The topological polar surface area (TPSA) is 0 Å². The van der Waals surface area contributed by atoms with Crippen LogP contribution in [-0.2, 0) is 6.42 Å². The molecule has 0 nitrogen and oxygen atoms in total. The molecule has 0 heterocycles. The quantitative estimate of drug-likeness (QED) is 0.705. The van der Waals surface area contributed by atoms with Gasteiger partial charge in [0.25, 0.3) is 0 Å². The van der Waals surface area contributed by atoms with Crippen molar-refractivity contribution in [3.05, 3.63) is 77.9 Å². The van der Waals surface area contributed by atoms with E-state index >= 15 is 0 Å². The van der Waals surface area contributed by atoms with E-state index in [4.69, 9.17) is 0 Å². The zero-order chi connectivity index (χ0) is 13.0. The standard InChI is InChI=1S/C18H20/c1-14(2)13-16-9-11-18(12-10-16)15(3)17-7-5-4-6-8-17/h4-12,14H,3,13H2,1-2H3. The summed E-state index contributed by atoms with van der Waals surface area (Å²) in [5.41, 5.74) is 4.88. The number of rotatable bonds is 4. The van der Waals surface area contributed by atoms with Gasteiger partial charge in [-0.2, -0.15) is 0 Å². The molecule has 0 saturated heterocycles. The molecule has 2 rings (SSSR count). The van der Waals surface area contributed by atoms with Gasteiger partial charge in [0, 0.05) is 0 Å². The fourth-order valence-electron chi connectivity index (χ4n) is 2.12. The molecule has 0 spiro atoms. The molecule has 0 amide bonds. The summed E-state index contributed by atoms with van der Waals surface area (Å²) in [6, 6.07) is 19.1. The number of hydrogen-bond acceptors (Lipinski definition) is 0. The van der Waals surface area contributed by atoms with Gasteiger partial charge in [-0.1, -0.05) is 75.0 Å². The lowest BCUT2D eigenvalue weighted by atomic mass is 9.96. The molecule has 0 aliphatic heterocycles. The van der Waals surface area contributed by atoms with E-state index < -0.39 is 0 Å². The van der Waals surface area contributed by atoms with E-state index in [2.05, 4.69) is 56.8 Å². The van der Waals surface area contributed by atoms with Gasteiger partial charge in [0.15, 0.2) is 0 Å². The fourth-order valence-corrected chi connectivity index (χ4v) is 2.12. The van der Waals surface area contributed by atoms with E-state index in [1.807, 2.05) is 18.2 Å². The minimum atomic E-state index is 0.702. The Kier molecular flexibility index (Phi) is 3.99. The highest BCUT2D eigenvalue weighted by atomic mass is 14.1. The highest BCUT2D eigenvalue weighted by molar-refractivity contribution is 5.77. The lowest BCUT2D eigenvalue weighted by Crippen LogP contribution is -1.94. The molecule has 0 aliphatic rings. The normalized spacial score (nSPS) is 10.6. The van der Waals surface area contributed by atoms with Crippen molar-refractivity contribution < 1.29 is 0 Å². The van der Waals surface area contributed by atoms with Crippen LogP contribution >= 0.6 is 0 Å². The second kappa shape index (κ2) is 5.68. The van der Waals surface area contributed by atoms with Crippen LogP contribution in [0.25, 0.3) is 5.57 Å². The summed E-state index contributed by atoms with van der Waals surface area (Å²) in [6.45, 7) is 8.68. The van der Waals surface area contributed by atoms with E-state index in [0.29, 0.717) is 5.92 Å². The molecular weight excluding hydrogens is 216 g/mol. The first-order chi connectivity index (χ1) is 8.66. The van der Waals surface area contributed by atoms with Gasteiger partial charge in [0.05, 0.1) is 0 Å². The Hall–Kier alpha value is -1.82. The van der Waals surface area contributed by atoms with Crippen LogP contribution in [-0.4, -0.2) is 0 Å². The molecule has 0 saturated carbocycles. The third-order valence-electron chi connectivity index (χ3n) is 3.07. The van der Waals surface area contributed by atoms with Crippen LogP contribution in [0.5, 0.6) is 0 Å². The molecule has 0 heteroatoms. The third-order valence-corrected chi connectivity index (χ3v) is 3.07. The van der Waals surface area contributed by atoms with Gasteiger partial charge in [-0.25, -0.2) is 0 Å². The SMILES string of the molecule is C=C(c1ccccc1)c1ccc(CC(C)C)cc1. The molecule has 2 aromatic carbocycles. The van der Waals surface area contributed by atoms with Crippen LogP contribution in [0.1, 0.15) is 30.5 Å². The lowest BCUT2D eigenvalue weighted by molar-refractivity contribution is 0.647. The Morgan fingerprint density at radius 2 is 1.44 bits per heavy atom. The zero-order valence-corrected chi connectivity index (χ0v) is 11.2. The summed E-state index contributed by atoms with van der Waals surface area (Å²) in [4.78, 5) is 0. The van der Waals surface area contributed by atoms with Crippen molar-refractivity contribution in [2.24, 2.45) is 5.92 Å². The van der Waals surface area contributed by atoms with Gasteiger partial charge in [-0.3, -0.25) is 0 Å². The highest BCUT2D eigenvalue weighted by Crippen LogP contribution is 2.22.